The average Bonchev–Trinajstić information content (AvgIpc) is 2.37. The first-order valence-corrected chi connectivity index (χ1v) is 5.52. The summed E-state index contributed by atoms with van der Waals surface area (Å²) < 4.78 is 15.3. The van der Waals surface area contributed by atoms with Crippen molar-refractivity contribution in [1.82, 2.24) is 0 Å². The summed E-state index contributed by atoms with van der Waals surface area (Å²) in [4.78, 5) is 11.7. The molecule has 1 atom stereocenters. The van der Waals surface area contributed by atoms with Gasteiger partial charge in [-0.15, -0.1) is 0 Å². The molecule has 0 fully saturated rings. The molecule has 0 aromatic heterocycles. The molecule has 0 aliphatic heterocycles. The van der Waals surface area contributed by atoms with Crippen molar-refractivity contribution < 1.29 is 19.0 Å². The van der Waals surface area contributed by atoms with Crippen LogP contribution in [0, 0.1) is 0 Å². The van der Waals surface area contributed by atoms with Gasteiger partial charge in [-0.05, 0) is 19.9 Å². The Balaban J connectivity index is 3.00. The molecule has 0 amide bonds. The van der Waals surface area contributed by atoms with Crippen LogP contribution in [0.4, 0.5) is 0 Å². The van der Waals surface area contributed by atoms with Crippen LogP contribution in [0.15, 0.2) is 18.2 Å². The second-order valence-electron chi connectivity index (χ2n) is 3.58. The van der Waals surface area contributed by atoms with Crippen LogP contribution in [0.5, 0.6) is 11.5 Å². The van der Waals surface area contributed by atoms with E-state index in [0.717, 1.165) is 5.56 Å². The summed E-state index contributed by atoms with van der Waals surface area (Å²) in [6, 6.07) is 5.37. The smallest absolute Gasteiger partial charge is 0.313 e. The Morgan fingerprint density at radius 1 is 1.29 bits per heavy atom. The molecule has 4 heteroatoms. The number of hydrogen-bond acceptors (Lipinski definition) is 4. The largest absolute Gasteiger partial charge is 0.497 e. The zero-order valence-electron chi connectivity index (χ0n) is 10.6. The van der Waals surface area contributed by atoms with Gasteiger partial charge < -0.3 is 14.2 Å². The molecule has 1 aromatic carbocycles. The number of hydrogen-bond donors (Lipinski definition) is 0. The minimum atomic E-state index is -0.351. The molecule has 0 spiro atoms. The van der Waals surface area contributed by atoms with E-state index in [2.05, 4.69) is 0 Å². The molecule has 94 valence electrons. The summed E-state index contributed by atoms with van der Waals surface area (Å²) in [5.74, 6) is 0.721. The van der Waals surface area contributed by atoms with Crippen LogP contribution in [0.3, 0.4) is 0 Å². The average molecular weight is 238 g/mol. The van der Waals surface area contributed by atoms with Crippen molar-refractivity contribution >= 4 is 5.97 Å². The Morgan fingerprint density at radius 2 is 2.00 bits per heavy atom. The number of esters is 1. The van der Waals surface area contributed by atoms with Crippen LogP contribution in [0.1, 0.15) is 25.3 Å². The van der Waals surface area contributed by atoms with E-state index < -0.39 is 0 Å². The van der Waals surface area contributed by atoms with E-state index in [4.69, 9.17) is 14.2 Å². The molecule has 1 aromatic rings. The first-order chi connectivity index (χ1) is 8.13. The minimum absolute atomic E-state index is 0.254. The third-order valence-corrected chi connectivity index (χ3v) is 2.55. The van der Waals surface area contributed by atoms with Gasteiger partial charge in [0.2, 0.25) is 0 Å². The van der Waals surface area contributed by atoms with Gasteiger partial charge in [-0.2, -0.15) is 0 Å². The summed E-state index contributed by atoms with van der Waals surface area (Å²) in [7, 11) is 3.15. The molecule has 0 heterocycles. The van der Waals surface area contributed by atoms with Crippen molar-refractivity contribution in [2.45, 2.75) is 19.8 Å². The summed E-state index contributed by atoms with van der Waals surface area (Å²) in [5, 5.41) is 0. The van der Waals surface area contributed by atoms with Crippen LogP contribution < -0.4 is 9.47 Å². The lowest BCUT2D eigenvalue weighted by molar-refractivity contribution is -0.144. The van der Waals surface area contributed by atoms with Crippen molar-refractivity contribution in [2.75, 3.05) is 20.8 Å². The topological polar surface area (TPSA) is 44.8 Å². The molecule has 0 radical (unpaired) electrons. The third-order valence-electron chi connectivity index (χ3n) is 2.55. The Hall–Kier alpha value is -1.71. The highest BCUT2D eigenvalue weighted by Crippen LogP contribution is 2.31. The molecule has 1 unspecified atom stereocenters. The first kappa shape index (κ1) is 13.4. The van der Waals surface area contributed by atoms with Crippen LogP contribution in [0.2, 0.25) is 0 Å². The second kappa shape index (κ2) is 6.13. The van der Waals surface area contributed by atoms with Gasteiger partial charge in [-0.25, -0.2) is 0 Å². The van der Waals surface area contributed by atoms with E-state index in [1.807, 2.05) is 6.07 Å². The predicted octanol–water partition coefficient (Wildman–Crippen LogP) is 2.37. The molecule has 0 aliphatic carbocycles. The van der Waals surface area contributed by atoms with Crippen molar-refractivity contribution in [1.29, 1.82) is 0 Å². The molecule has 0 bridgehead atoms. The maximum atomic E-state index is 11.7. The summed E-state index contributed by atoms with van der Waals surface area (Å²) >= 11 is 0. The lowest BCUT2D eigenvalue weighted by Gasteiger charge is -2.15. The second-order valence-corrected chi connectivity index (χ2v) is 3.58. The van der Waals surface area contributed by atoms with Crippen molar-refractivity contribution in [3.8, 4) is 11.5 Å². The van der Waals surface area contributed by atoms with E-state index in [1.165, 1.54) is 0 Å². The lowest BCUT2D eigenvalue weighted by atomic mass is 10.00. The highest BCUT2D eigenvalue weighted by molar-refractivity contribution is 5.78. The normalized spacial score (nSPS) is 11.8. The highest BCUT2D eigenvalue weighted by atomic mass is 16.5. The standard InChI is InChI=1S/C13H18O4/c1-5-17-13(14)9(2)11-7-6-10(15-3)8-12(11)16-4/h6-9H,5H2,1-4H3. The van der Waals surface area contributed by atoms with Crippen LogP contribution in [-0.2, 0) is 9.53 Å². The Bertz CT molecular complexity index is 387. The molecule has 1 rings (SSSR count). The highest BCUT2D eigenvalue weighted by Gasteiger charge is 2.20. The van der Waals surface area contributed by atoms with Crippen LogP contribution >= 0.6 is 0 Å². The van der Waals surface area contributed by atoms with Crippen LogP contribution in [0.25, 0.3) is 0 Å². The fourth-order valence-corrected chi connectivity index (χ4v) is 1.57. The van der Waals surface area contributed by atoms with E-state index in [0.29, 0.717) is 18.1 Å². The van der Waals surface area contributed by atoms with Gasteiger partial charge in [0.25, 0.3) is 0 Å². The van der Waals surface area contributed by atoms with Gasteiger partial charge in [0, 0.05) is 11.6 Å². The maximum Gasteiger partial charge on any atom is 0.313 e. The molecule has 0 saturated carbocycles. The van der Waals surface area contributed by atoms with Gasteiger partial charge in [0.15, 0.2) is 0 Å². The molecule has 0 saturated heterocycles. The Kier molecular flexibility index (Phi) is 4.82. The summed E-state index contributed by atoms with van der Waals surface area (Å²) in [6.45, 7) is 3.96. The Labute approximate surface area is 101 Å². The molecule has 4 nitrogen and oxygen atoms in total. The van der Waals surface area contributed by atoms with E-state index in [9.17, 15) is 4.79 Å². The zero-order chi connectivity index (χ0) is 12.8. The molecule has 17 heavy (non-hydrogen) atoms. The summed E-state index contributed by atoms with van der Waals surface area (Å²) in [6.07, 6.45) is 0. The summed E-state index contributed by atoms with van der Waals surface area (Å²) in [5.41, 5.74) is 0.798. The minimum Gasteiger partial charge on any atom is -0.497 e. The van der Waals surface area contributed by atoms with Crippen molar-refractivity contribution in [3.63, 3.8) is 0 Å². The lowest BCUT2D eigenvalue weighted by Crippen LogP contribution is -2.13. The molecular weight excluding hydrogens is 220 g/mol. The Morgan fingerprint density at radius 3 is 2.53 bits per heavy atom. The molecule has 0 N–H and O–H groups in total. The van der Waals surface area contributed by atoms with Gasteiger partial charge >= 0.3 is 5.97 Å². The quantitative estimate of drug-likeness (QED) is 0.739. The third kappa shape index (κ3) is 3.12. The molecular formula is C13H18O4. The fourth-order valence-electron chi connectivity index (χ4n) is 1.57. The first-order valence-electron chi connectivity index (χ1n) is 5.52. The molecule has 0 aliphatic rings. The number of carbonyl (C=O) groups excluding carboxylic acids is 1. The van der Waals surface area contributed by atoms with Gasteiger partial charge in [-0.1, -0.05) is 6.07 Å². The number of ether oxygens (including phenoxy) is 3. The zero-order valence-corrected chi connectivity index (χ0v) is 10.6. The van der Waals surface area contributed by atoms with E-state index in [1.54, 1.807) is 40.2 Å². The van der Waals surface area contributed by atoms with E-state index in [-0.39, 0.29) is 11.9 Å². The van der Waals surface area contributed by atoms with Crippen LogP contribution in [-0.4, -0.2) is 26.8 Å². The number of benzene rings is 1. The van der Waals surface area contributed by atoms with Gasteiger partial charge in [-0.3, -0.25) is 4.79 Å². The number of rotatable bonds is 5. The monoisotopic (exact) mass is 238 g/mol. The van der Waals surface area contributed by atoms with Crippen molar-refractivity contribution in [2.24, 2.45) is 0 Å². The fraction of sp³-hybridized carbons (Fsp3) is 0.462. The number of carbonyl (C=O) groups is 1. The van der Waals surface area contributed by atoms with E-state index >= 15 is 0 Å². The SMILES string of the molecule is CCOC(=O)C(C)c1ccc(OC)cc1OC. The van der Waals surface area contributed by atoms with Gasteiger partial charge in [0.05, 0.1) is 26.7 Å². The van der Waals surface area contributed by atoms with Gasteiger partial charge in [0.1, 0.15) is 11.5 Å². The number of methoxy groups -OCH3 is 2. The van der Waals surface area contributed by atoms with Crippen molar-refractivity contribution in [3.05, 3.63) is 23.8 Å². The predicted molar refractivity (Wildman–Crippen MR) is 64.6 cm³/mol. The maximum absolute atomic E-state index is 11.7.